The molecule has 0 bridgehead atoms. The Morgan fingerprint density at radius 3 is 2.78 bits per heavy atom. The van der Waals surface area contributed by atoms with Crippen LogP contribution in [0, 0.1) is 0 Å². The lowest BCUT2D eigenvalue weighted by Crippen LogP contribution is -2.18. The highest BCUT2D eigenvalue weighted by Crippen LogP contribution is 2.36. The molecule has 120 valence electrons. The molecule has 0 aliphatic carbocycles. The van der Waals surface area contributed by atoms with E-state index in [1.807, 2.05) is 12.1 Å². The van der Waals surface area contributed by atoms with Crippen molar-refractivity contribution in [2.24, 2.45) is 4.99 Å². The SMILES string of the molecule is CCNCC=c1ccc2c(c1)Oc1cc(N(C)CC)ccc1N=2. The average molecular weight is 309 g/mol. The highest BCUT2D eigenvalue weighted by molar-refractivity contribution is 5.64. The number of fused-ring (bicyclic) bond motifs is 2. The van der Waals surface area contributed by atoms with Crippen molar-refractivity contribution in [2.75, 3.05) is 31.6 Å². The number of hydrogen-bond acceptors (Lipinski definition) is 4. The van der Waals surface area contributed by atoms with Crippen LogP contribution in [0.4, 0.5) is 11.4 Å². The van der Waals surface area contributed by atoms with Gasteiger partial charge in [-0.1, -0.05) is 19.1 Å². The number of rotatable bonds is 5. The minimum Gasteiger partial charge on any atom is -0.453 e. The van der Waals surface area contributed by atoms with Crippen molar-refractivity contribution in [3.05, 3.63) is 47.0 Å². The van der Waals surface area contributed by atoms with Crippen LogP contribution in [0.25, 0.3) is 6.08 Å². The Labute approximate surface area is 137 Å². The van der Waals surface area contributed by atoms with E-state index in [1.54, 1.807) is 0 Å². The molecule has 23 heavy (non-hydrogen) atoms. The van der Waals surface area contributed by atoms with Crippen LogP contribution < -0.4 is 25.5 Å². The molecular formula is C19H23N3O. The summed E-state index contributed by atoms with van der Waals surface area (Å²) >= 11 is 0. The quantitative estimate of drug-likeness (QED) is 0.736. The van der Waals surface area contributed by atoms with Crippen molar-refractivity contribution < 1.29 is 4.74 Å². The number of anilines is 1. The van der Waals surface area contributed by atoms with E-state index < -0.39 is 0 Å². The van der Waals surface area contributed by atoms with E-state index in [1.165, 1.54) is 0 Å². The van der Waals surface area contributed by atoms with Crippen LogP contribution >= 0.6 is 0 Å². The molecule has 1 aliphatic heterocycles. The molecular weight excluding hydrogens is 286 g/mol. The third-order valence-corrected chi connectivity index (χ3v) is 4.04. The fourth-order valence-corrected chi connectivity index (χ4v) is 2.51. The maximum Gasteiger partial charge on any atom is 0.155 e. The first-order chi connectivity index (χ1) is 11.2. The smallest absolute Gasteiger partial charge is 0.155 e. The second-order valence-electron chi connectivity index (χ2n) is 5.62. The molecule has 3 rings (SSSR count). The van der Waals surface area contributed by atoms with E-state index in [4.69, 9.17) is 9.73 Å². The van der Waals surface area contributed by atoms with Gasteiger partial charge in [0.25, 0.3) is 0 Å². The van der Waals surface area contributed by atoms with Crippen LogP contribution in [0.5, 0.6) is 11.5 Å². The minimum atomic E-state index is 0.819. The van der Waals surface area contributed by atoms with Crippen LogP contribution in [-0.2, 0) is 0 Å². The Morgan fingerprint density at radius 2 is 2.00 bits per heavy atom. The molecule has 4 heteroatoms. The van der Waals surface area contributed by atoms with E-state index >= 15 is 0 Å². The Balaban J connectivity index is 1.95. The predicted molar refractivity (Wildman–Crippen MR) is 95.4 cm³/mol. The first kappa shape index (κ1) is 15.6. The first-order valence-electron chi connectivity index (χ1n) is 8.14. The van der Waals surface area contributed by atoms with E-state index in [2.05, 4.69) is 61.5 Å². The van der Waals surface area contributed by atoms with Crippen molar-refractivity contribution in [1.29, 1.82) is 0 Å². The lowest BCUT2D eigenvalue weighted by Gasteiger charge is -2.20. The summed E-state index contributed by atoms with van der Waals surface area (Å²) in [5.41, 5.74) is 2.02. The number of benzene rings is 2. The van der Waals surface area contributed by atoms with Gasteiger partial charge in [0, 0.05) is 31.9 Å². The van der Waals surface area contributed by atoms with Crippen molar-refractivity contribution in [2.45, 2.75) is 13.8 Å². The standard InChI is InChI=1S/C19H23N3O/c1-4-20-11-10-14-6-8-16-18(12-14)23-19-13-15(22(3)5-2)7-9-17(19)21-16/h6-10,12-13,20H,4-5,11H2,1-3H3. The zero-order valence-electron chi connectivity index (χ0n) is 14.0. The van der Waals surface area contributed by atoms with Gasteiger partial charge in [-0.3, -0.25) is 0 Å². The van der Waals surface area contributed by atoms with Crippen LogP contribution in [0.1, 0.15) is 13.8 Å². The molecule has 1 N–H and O–H groups in total. The summed E-state index contributed by atoms with van der Waals surface area (Å²) in [4.78, 5) is 6.88. The molecule has 2 aromatic rings. The van der Waals surface area contributed by atoms with Gasteiger partial charge in [0.1, 0.15) is 11.0 Å². The van der Waals surface area contributed by atoms with E-state index in [9.17, 15) is 0 Å². The lowest BCUT2D eigenvalue weighted by atomic mass is 10.2. The normalized spacial score (nSPS) is 12.9. The second kappa shape index (κ2) is 6.84. The third kappa shape index (κ3) is 3.37. The largest absolute Gasteiger partial charge is 0.453 e. The van der Waals surface area contributed by atoms with Crippen molar-refractivity contribution >= 4 is 17.5 Å². The molecule has 0 fully saturated rings. The Bertz CT molecular complexity index is 814. The summed E-state index contributed by atoms with van der Waals surface area (Å²) in [6.07, 6.45) is 2.16. The molecule has 0 spiro atoms. The van der Waals surface area contributed by atoms with Gasteiger partial charge in [-0.05, 0) is 43.0 Å². The molecule has 1 aliphatic rings. The van der Waals surface area contributed by atoms with E-state index in [0.717, 1.165) is 53.1 Å². The number of nitrogens with one attached hydrogen (secondary N) is 1. The van der Waals surface area contributed by atoms with Crippen LogP contribution in [0.15, 0.2) is 41.4 Å². The predicted octanol–water partition coefficient (Wildman–Crippen LogP) is 2.59. The molecule has 0 aromatic heterocycles. The maximum atomic E-state index is 6.10. The topological polar surface area (TPSA) is 36.9 Å². The monoisotopic (exact) mass is 309 g/mol. The summed E-state index contributed by atoms with van der Waals surface area (Å²) in [7, 11) is 2.07. The molecule has 0 saturated carbocycles. The number of hydrogen-bond donors (Lipinski definition) is 1. The van der Waals surface area contributed by atoms with Crippen LogP contribution in [-0.4, -0.2) is 26.7 Å². The second-order valence-corrected chi connectivity index (χ2v) is 5.62. The van der Waals surface area contributed by atoms with Gasteiger partial charge in [-0.15, -0.1) is 0 Å². The Kier molecular flexibility index (Phi) is 4.63. The van der Waals surface area contributed by atoms with Crippen LogP contribution in [0.2, 0.25) is 0 Å². The Morgan fingerprint density at radius 1 is 1.13 bits per heavy atom. The van der Waals surface area contributed by atoms with Gasteiger partial charge in [-0.25, -0.2) is 4.99 Å². The molecule has 0 atom stereocenters. The first-order valence-corrected chi connectivity index (χ1v) is 8.14. The van der Waals surface area contributed by atoms with Gasteiger partial charge in [0.15, 0.2) is 11.5 Å². The van der Waals surface area contributed by atoms with E-state index in [-0.39, 0.29) is 0 Å². The number of ether oxygens (including phenoxy) is 1. The number of nitrogens with zero attached hydrogens (tertiary/aromatic N) is 2. The highest BCUT2D eigenvalue weighted by Gasteiger charge is 2.13. The van der Waals surface area contributed by atoms with Gasteiger partial charge in [0.2, 0.25) is 0 Å². The van der Waals surface area contributed by atoms with Crippen molar-refractivity contribution in [3.8, 4) is 11.5 Å². The summed E-state index contributed by atoms with van der Waals surface area (Å²) < 4.78 is 6.10. The molecule has 0 radical (unpaired) electrons. The summed E-state index contributed by atoms with van der Waals surface area (Å²) in [5.74, 6) is 1.64. The molecule has 2 aromatic carbocycles. The van der Waals surface area contributed by atoms with Gasteiger partial charge in [-0.2, -0.15) is 0 Å². The summed E-state index contributed by atoms with van der Waals surface area (Å²) in [5, 5.41) is 5.32. The highest BCUT2D eigenvalue weighted by atomic mass is 16.5. The lowest BCUT2D eigenvalue weighted by molar-refractivity contribution is 0.469. The fraction of sp³-hybridized carbons (Fsp3) is 0.316. The van der Waals surface area contributed by atoms with Crippen LogP contribution in [0.3, 0.4) is 0 Å². The summed E-state index contributed by atoms with van der Waals surface area (Å²) in [6.45, 7) is 7.01. The van der Waals surface area contributed by atoms with Gasteiger partial charge in [0.05, 0.1) is 0 Å². The Hall–Kier alpha value is -2.33. The van der Waals surface area contributed by atoms with Gasteiger partial charge >= 0.3 is 0 Å². The molecule has 0 unspecified atom stereocenters. The molecule has 4 nitrogen and oxygen atoms in total. The molecule has 0 saturated heterocycles. The fourth-order valence-electron chi connectivity index (χ4n) is 2.51. The maximum absolute atomic E-state index is 6.10. The zero-order valence-corrected chi connectivity index (χ0v) is 14.0. The average Bonchev–Trinajstić information content (AvgIpc) is 2.59. The third-order valence-electron chi connectivity index (χ3n) is 4.04. The molecule has 0 amide bonds. The van der Waals surface area contributed by atoms with E-state index in [0.29, 0.717) is 0 Å². The minimum absolute atomic E-state index is 0.819. The van der Waals surface area contributed by atoms with Crippen molar-refractivity contribution in [3.63, 3.8) is 0 Å². The zero-order chi connectivity index (χ0) is 16.2. The summed E-state index contributed by atoms with van der Waals surface area (Å²) in [6, 6.07) is 12.3. The van der Waals surface area contributed by atoms with Crippen molar-refractivity contribution in [1.82, 2.24) is 5.32 Å². The molecule has 1 heterocycles. The van der Waals surface area contributed by atoms with Gasteiger partial charge < -0.3 is 15.0 Å².